The second-order valence-corrected chi connectivity index (χ2v) is 9.35. The second-order valence-electron chi connectivity index (χ2n) is 6.72. The molecular formula is C20H21ClFNO5S. The molecule has 2 aromatic rings. The summed E-state index contributed by atoms with van der Waals surface area (Å²) in [7, 11) is -1.76. The summed E-state index contributed by atoms with van der Waals surface area (Å²) in [5, 5.41) is 0.175. The molecule has 6 nitrogen and oxygen atoms in total. The summed E-state index contributed by atoms with van der Waals surface area (Å²) in [4.78, 5) is 14.3. The van der Waals surface area contributed by atoms with E-state index >= 15 is 0 Å². The van der Waals surface area contributed by atoms with Gasteiger partial charge in [-0.05, 0) is 30.7 Å². The third-order valence-corrected chi connectivity index (χ3v) is 6.88. The molecule has 0 radical (unpaired) electrons. The number of ether oxygens (including phenoxy) is 2. The fourth-order valence-corrected chi connectivity index (χ4v) is 5.21. The van der Waals surface area contributed by atoms with E-state index in [1.165, 1.54) is 30.2 Å². The van der Waals surface area contributed by atoms with Crippen molar-refractivity contribution >= 4 is 27.3 Å². The number of halogens is 2. The van der Waals surface area contributed by atoms with Crippen LogP contribution in [0, 0.1) is 5.82 Å². The Hall–Kier alpha value is -2.32. The van der Waals surface area contributed by atoms with Crippen molar-refractivity contribution < 1.29 is 27.1 Å². The molecule has 0 aromatic heterocycles. The topological polar surface area (TPSA) is 72.9 Å². The van der Waals surface area contributed by atoms with Gasteiger partial charge in [0.05, 0.1) is 25.2 Å². The third-order valence-electron chi connectivity index (χ3n) is 4.78. The van der Waals surface area contributed by atoms with Crippen molar-refractivity contribution in [3.8, 4) is 11.5 Å². The Morgan fingerprint density at radius 3 is 2.55 bits per heavy atom. The van der Waals surface area contributed by atoms with Gasteiger partial charge in [0.1, 0.15) is 5.82 Å². The number of hydrogen-bond donors (Lipinski definition) is 0. The molecule has 0 aliphatic carbocycles. The van der Waals surface area contributed by atoms with Crippen molar-refractivity contribution in [3.05, 3.63) is 58.9 Å². The summed E-state index contributed by atoms with van der Waals surface area (Å²) >= 11 is 6.11. The van der Waals surface area contributed by atoms with Gasteiger partial charge in [0.15, 0.2) is 27.9 Å². The number of rotatable bonds is 7. The number of methoxy groups -OCH3 is 1. The van der Waals surface area contributed by atoms with Crippen molar-refractivity contribution in [2.24, 2.45) is 0 Å². The number of carbonyl (C=O) groups is 1. The van der Waals surface area contributed by atoms with E-state index in [0.29, 0.717) is 11.5 Å². The number of hydrogen-bond acceptors (Lipinski definition) is 5. The van der Waals surface area contributed by atoms with E-state index in [1.807, 2.05) is 0 Å². The fraction of sp³-hybridized carbons (Fsp3) is 0.350. The monoisotopic (exact) mass is 441 g/mol. The lowest BCUT2D eigenvalue weighted by Gasteiger charge is -2.29. The molecule has 1 aliphatic heterocycles. The molecule has 1 unspecified atom stereocenters. The minimum Gasteiger partial charge on any atom is -0.493 e. The van der Waals surface area contributed by atoms with Gasteiger partial charge in [0, 0.05) is 16.6 Å². The molecule has 0 N–H and O–H groups in total. The van der Waals surface area contributed by atoms with Crippen LogP contribution in [0.2, 0.25) is 5.02 Å². The number of nitrogens with zero attached hydrogens (tertiary/aromatic N) is 1. The van der Waals surface area contributed by atoms with Crippen molar-refractivity contribution in [3.63, 3.8) is 0 Å². The molecule has 1 aliphatic rings. The first kappa shape index (κ1) is 21.4. The maximum atomic E-state index is 14.3. The zero-order chi connectivity index (χ0) is 21.0. The average molecular weight is 442 g/mol. The highest BCUT2D eigenvalue weighted by Gasteiger charge is 2.35. The molecule has 9 heteroatoms. The second kappa shape index (κ2) is 9.00. The van der Waals surface area contributed by atoms with Crippen LogP contribution in [0.3, 0.4) is 0 Å². The standard InChI is InChI=1S/C20H21ClFNO5S/c1-27-18-7-2-3-8-19(18)28-12-20(24)23(14-9-10-29(25,26)13-14)11-15-16(21)5-4-6-17(15)22/h2-8,14H,9-13H2,1H3. The molecule has 0 saturated carbocycles. The van der Waals surface area contributed by atoms with E-state index < -0.39 is 27.6 Å². The largest absolute Gasteiger partial charge is 0.493 e. The Morgan fingerprint density at radius 1 is 1.21 bits per heavy atom. The summed E-state index contributed by atoms with van der Waals surface area (Å²) in [6.45, 7) is -0.483. The van der Waals surface area contributed by atoms with Gasteiger partial charge in [-0.25, -0.2) is 12.8 Å². The predicted octanol–water partition coefficient (Wildman–Crippen LogP) is 3.08. The highest BCUT2D eigenvalue weighted by molar-refractivity contribution is 7.91. The van der Waals surface area contributed by atoms with E-state index in [1.54, 1.807) is 24.3 Å². The van der Waals surface area contributed by atoms with E-state index in [2.05, 4.69) is 0 Å². The maximum Gasteiger partial charge on any atom is 0.261 e. The van der Waals surface area contributed by atoms with Crippen LogP contribution in [0.1, 0.15) is 12.0 Å². The van der Waals surface area contributed by atoms with Crippen LogP contribution in [0.15, 0.2) is 42.5 Å². The summed E-state index contributed by atoms with van der Waals surface area (Å²) in [6, 6.07) is 10.5. The zero-order valence-electron chi connectivity index (χ0n) is 15.8. The lowest BCUT2D eigenvalue weighted by Crippen LogP contribution is -2.43. The van der Waals surface area contributed by atoms with Gasteiger partial charge in [-0.1, -0.05) is 29.8 Å². The lowest BCUT2D eigenvalue weighted by atomic mass is 10.1. The summed E-state index contributed by atoms with van der Waals surface area (Å²) in [5.74, 6) is -0.350. The molecule has 2 aromatic carbocycles. The highest BCUT2D eigenvalue weighted by Crippen LogP contribution is 2.28. The van der Waals surface area contributed by atoms with Crippen molar-refractivity contribution in [2.45, 2.75) is 19.0 Å². The van der Waals surface area contributed by atoms with Crippen molar-refractivity contribution in [2.75, 3.05) is 25.2 Å². The first-order valence-corrected chi connectivity index (χ1v) is 11.2. The minimum absolute atomic E-state index is 0.0141. The molecule has 1 amide bonds. The SMILES string of the molecule is COc1ccccc1OCC(=O)N(Cc1c(F)cccc1Cl)C1CCS(=O)(=O)C1. The Bertz CT molecular complexity index is 978. The van der Waals surface area contributed by atoms with Crippen LogP contribution < -0.4 is 9.47 Å². The summed E-state index contributed by atoms with van der Waals surface area (Å²) in [6.07, 6.45) is 0.287. The van der Waals surface area contributed by atoms with Gasteiger partial charge in [-0.15, -0.1) is 0 Å². The van der Waals surface area contributed by atoms with Crippen LogP contribution in [-0.4, -0.2) is 50.5 Å². The third kappa shape index (κ3) is 5.19. The molecular weight excluding hydrogens is 421 g/mol. The number of sulfone groups is 1. The summed E-state index contributed by atoms with van der Waals surface area (Å²) in [5.41, 5.74) is 0.143. The fourth-order valence-electron chi connectivity index (χ4n) is 3.26. The van der Waals surface area contributed by atoms with Gasteiger partial charge in [0.25, 0.3) is 5.91 Å². The van der Waals surface area contributed by atoms with E-state index in [9.17, 15) is 17.6 Å². The molecule has 1 heterocycles. The van der Waals surface area contributed by atoms with Crippen LogP contribution in [0.5, 0.6) is 11.5 Å². The van der Waals surface area contributed by atoms with Crippen LogP contribution in [-0.2, 0) is 21.2 Å². The first-order chi connectivity index (χ1) is 13.8. The van der Waals surface area contributed by atoms with E-state index in [0.717, 1.165) is 0 Å². The Kier molecular flexibility index (Phi) is 6.64. The number of amides is 1. The van der Waals surface area contributed by atoms with Gasteiger partial charge in [-0.2, -0.15) is 0 Å². The lowest BCUT2D eigenvalue weighted by molar-refractivity contribution is -0.136. The first-order valence-electron chi connectivity index (χ1n) is 8.99. The van der Waals surface area contributed by atoms with Gasteiger partial charge in [0.2, 0.25) is 0 Å². The van der Waals surface area contributed by atoms with E-state index in [-0.39, 0.29) is 41.7 Å². The quantitative estimate of drug-likeness (QED) is 0.660. The van der Waals surface area contributed by atoms with Crippen molar-refractivity contribution in [1.82, 2.24) is 4.90 Å². The van der Waals surface area contributed by atoms with Crippen LogP contribution in [0.25, 0.3) is 0 Å². The molecule has 3 rings (SSSR count). The molecule has 1 atom stereocenters. The normalized spacial score (nSPS) is 17.7. The number of para-hydroxylation sites is 2. The van der Waals surface area contributed by atoms with Gasteiger partial charge >= 0.3 is 0 Å². The smallest absolute Gasteiger partial charge is 0.261 e. The zero-order valence-corrected chi connectivity index (χ0v) is 17.4. The Balaban J connectivity index is 1.81. The van der Waals surface area contributed by atoms with Crippen LogP contribution in [0.4, 0.5) is 4.39 Å². The molecule has 1 fully saturated rings. The van der Waals surface area contributed by atoms with Gasteiger partial charge in [-0.3, -0.25) is 4.79 Å². The predicted molar refractivity (Wildman–Crippen MR) is 108 cm³/mol. The molecule has 1 saturated heterocycles. The Labute approximate surface area is 174 Å². The highest BCUT2D eigenvalue weighted by atomic mass is 35.5. The molecule has 29 heavy (non-hydrogen) atoms. The van der Waals surface area contributed by atoms with Gasteiger partial charge < -0.3 is 14.4 Å². The number of carbonyl (C=O) groups excluding carboxylic acids is 1. The molecule has 0 bridgehead atoms. The van der Waals surface area contributed by atoms with E-state index in [4.69, 9.17) is 21.1 Å². The van der Waals surface area contributed by atoms with Crippen molar-refractivity contribution in [1.29, 1.82) is 0 Å². The summed E-state index contributed by atoms with van der Waals surface area (Å²) < 4.78 is 48.9. The Morgan fingerprint density at radius 2 is 1.93 bits per heavy atom. The number of benzene rings is 2. The van der Waals surface area contributed by atoms with Crippen LogP contribution >= 0.6 is 11.6 Å². The molecule has 0 spiro atoms. The maximum absolute atomic E-state index is 14.3. The molecule has 156 valence electrons. The average Bonchev–Trinajstić information content (AvgIpc) is 3.05. The minimum atomic E-state index is -3.25.